The van der Waals surface area contributed by atoms with E-state index in [-0.39, 0.29) is 0 Å². The van der Waals surface area contributed by atoms with Crippen LogP contribution in [-0.2, 0) is 0 Å². The lowest BCUT2D eigenvalue weighted by Crippen LogP contribution is -1.95. The molecular formula is C10H6BrCl2N3. The minimum absolute atomic E-state index is 0.488. The lowest BCUT2D eigenvalue weighted by atomic mass is 10.3. The van der Waals surface area contributed by atoms with Gasteiger partial charge in [0, 0.05) is 28.1 Å². The second-order valence-electron chi connectivity index (χ2n) is 3.01. The fraction of sp³-hybridized carbons (Fsp3) is 0. The monoisotopic (exact) mass is 317 g/mol. The Morgan fingerprint density at radius 2 is 1.56 bits per heavy atom. The number of anilines is 2. The molecule has 1 aromatic heterocycles. The van der Waals surface area contributed by atoms with E-state index in [4.69, 9.17) is 23.2 Å². The van der Waals surface area contributed by atoms with Crippen molar-refractivity contribution >= 4 is 50.8 Å². The van der Waals surface area contributed by atoms with Gasteiger partial charge in [-0.15, -0.1) is 0 Å². The zero-order chi connectivity index (χ0) is 11.5. The number of benzene rings is 1. The Hall–Kier alpha value is -0.840. The lowest BCUT2D eigenvalue weighted by Gasteiger charge is -2.05. The van der Waals surface area contributed by atoms with E-state index >= 15 is 0 Å². The van der Waals surface area contributed by atoms with Gasteiger partial charge in [0.25, 0.3) is 0 Å². The fourth-order valence-corrected chi connectivity index (χ4v) is 1.86. The Balaban J connectivity index is 2.23. The highest BCUT2D eigenvalue weighted by Crippen LogP contribution is 2.24. The van der Waals surface area contributed by atoms with E-state index < -0.39 is 0 Å². The summed E-state index contributed by atoms with van der Waals surface area (Å²) >= 11 is 15.0. The molecule has 82 valence electrons. The van der Waals surface area contributed by atoms with Crippen molar-refractivity contribution in [3.05, 3.63) is 45.1 Å². The first-order valence-electron chi connectivity index (χ1n) is 4.34. The van der Waals surface area contributed by atoms with E-state index in [2.05, 4.69) is 31.2 Å². The molecule has 0 fully saturated rings. The second kappa shape index (κ2) is 4.99. The number of hydrogen-bond donors (Lipinski definition) is 1. The number of hydrogen-bond acceptors (Lipinski definition) is 3. The summed E-state index contributed by atoms with van der Waals surface area (Å²) in [6.45, 7) is 0. The Kier molecular flexibility index (Phi) is 3.63. The first-order valence-corrected chi connectivity index (χ1v) is 5.89. The number of halogens is 3. The number of nitrogens with one attached hydrogen (secondary N) is 1. The third-order valence-electron chi connectivity index (χ3n) is 1.74. The highest BCUT2D eigenvalue weighted by Gasteiger charge is 2.00. The molecule has 0 atom stereocenters. The molecule has 0 spiro atoms. The summed E-state index contributed by atoms with van der Waals surface area (Å²) in [5.74, 6) is 0.488. The average Bonchev–Trinajstić information content (AvgIpc) is 2.20. The topological polar surface area (TPSA) is 37.8 Å². The first-order chi connectivity index (χ1) is 7.63. The predicted octanol–water partition coefficient (Wildman–Crippen LogP) is 4.29. The molecule has 6 heteroatoms. The standard InChI is InChI=1S/C10H6BrCl2N3/c11-6-4-14-10(15-5-6)16-9-2-7(12)1-8(13)3-9/h1-5H,(H,14,15,16). The maximum absolute atomic E-state index is 5.87. The SMILES string of the molecule is Clc1cc(Cl)cc(Nc2ncc(Br)cn2)c1. The molecule has 0 bridgehead atoms. The summed E-state index contributed by atoms with van der Waals surface area (Å²) < 4.78 is 0.821. The van der Waals surface area contributed by atoms with Gasteiger partial charge in [-0.3, -0.25) is 0 Å². The van der Waals surface area contributed by atoms with Crippen LogP contribution in [0.1, 0.15) is 0 Å². The molecule has 16 heavy (non-hydrogen) atoms. The molecule has 1 aromatic carbocycles. The Morgan fingerprint density at radius 1 is 1.00 bits per heavy atom. The fourth-order valence-electron chi connectivity index (χ4n) is 1.13. The van der Waals surface area contributed by atoms with E-state index in [0.717, 1.165) is 10.2 Å². The van der Waals surface area contributed by atoms with Crippen LogP contribution in [0.5, 0.6) is 0 Å². The maximum Gasteiger partial charge on any atom is 0.227 e. The minimum atomic E-state index is 0.488. The van der Waals surface area contributed by atoms with E-state index in [1.54, 1.807) is 30.6 Å². The average molecular weight is 319 g/mol. The van der Waals surface area contributed by atoms with E-state index in [9.17, 15) is 0 Å². The molecule has 1 heterocycles. The van der Waals surface area contributed by atoms with Crippen LogP contribution in [0, 0.1) is 0 Å². The lowest BCUT2D eigenvalue weighted by molar-refractivity contribution is 1.15. The van der Waals surface area contributed by atoms with Crippen LogP contribution in [0.15, 0.2) is 35.1 Å². The third kappa shape index (κ3) is 3.07. The van der Waals surface area contributed by atoms with Crippen LogP contribution in [0.4, 0.5) is 11.6 Å². The molecule has 3 nitrogen and oxygen atoms in total. The molecule has 0 aliphatic carbocycles. The van der Waals surface area contributed by atoms with Gasteiger partial charge in [0.2, 0.25) is 5.95 Å². The molecular weight excluding hydrogens is 313 g/mol. The van der Waals surface area contributed by atoms with Crippen LogP contribution in [0.2, 0.25) is 10.0 Å². The molecule has 0 unspecified atom stereocenters. The van der Waals surface area contributed by atoms with Gasteiger partial charge in [-0.25, -0.2) is 9.97 Å². The largest absolute Gasteiger partial charge is 0.324 e. The van der Waals surface area contributed by atoms with Crippen molar-refractivity contribution in [1.82, 2.24) is 9.97 Å². The highest BCUT2D eigenvalue weighted by atomic mass is 79.9. The summed E-state index contributed by atoms with van der Waals surface area (Å²) in [4.78, 5) is 8.16. The summed E-state index contributed by atoms with van der Waals surface area (Å²) in [5, 5.41) is 4.13. The zero-order valence-corrected chi connectivity index (χ0v) is 11.0. The number of rotatable bonds is 2. The van der Waals surface area contributed by atoms with Crippen molar-refractivity contribution in [2.45, 2.75) is 0 Å². The van der Waals surface area contributed by atoms with Crippen LogP contribution < -0.4 is 5.32 Å². The quantitative estimate of drug-likeness (QED) is 0.897. The van der Waals surface area contributed by atoms with Crippen molar-refractivity contribution in [3.63, 3.8) is 0 Å². The van der Waals surface area contributed by atoms with Crippen LogP contribution in [0.25, 0.3) is 0 Å². The number of aromatic nitrogens is 2. The zero-order valence-electron chi connectivity index (χ0n) is 7.92. The van der Waals surface area contributed by atoms with Crippen molar-refractivity contribution < 1.29 is 0 Å². The van der Waals surface area contributed by atoms with Gasteiger partial charge in [0.05, 0.1) is 4.47 Å². The predicted molar refractivity (Wildman–Crippen MR) is 69.5 cm³/mol. The molecule has 0 saturated carbocycles. The molecule has 0 radical (unpaired) electrons. The summed E-state index contributed by atoms with van der Waals surface area (Å²) in [6.07, 6.45) is 3.31. The van der Waals surface area contributed by atoms with Gasteiger partial charge < -0.3 is 5.32 Å². The maximum atomic E-state index is 5.87. The molecule has 0 amide bonds. The normalized spacial score (nSPS) is 10.2. The molecule has 2 rings (SSSR count). The van der Waals surface area contributed by atoms with Gasteiger partial charge in [-0.1, -0.05) is 23.2 Å². The first kappa shape index (κ1) is 11.6. The Labute approximate surface area is 111 Å². The molecule has 0 aliphatic heterocycles. The van der Waals surface area contributed by atoms with Crippen LogP contribution >= 0.6 is 39.1 Å². The van der Waals surface area contributed by atoms with E-state index in [1.165, 1.54) is 0 Å². The van der Waals surface area contributed by atoms with Gasteiger partial charge >= 0.3 is 0 Å². The van der Waals surface area contributed by atoms with Gasteiger partial charge in [-0.2, -0.15) is 0 Å². The van der Waals surface area contributed by atoms with Crippen molar-refractivity contribution in [3.8, 4) is 0 Å². The van der Waals surface area contributed by atoms with Gasteiger partial charge in [0.1, 0.15) is 0 Å². The summed E-state index contributed by atoms with van der Waals surface area (Å²) in [7, 11) is 0. The Bertz CT molecular complexity index is 482. The highest BCUT2D eigenvalue weighted by molar-refractivity contribution is 9.10. The van der Waals surface area contributed by atoms with Crippen molar-refractivity contribution in [2.75, 3.05) is 5.32 Å². The molecule has 0 aliphatic rings. The van der Waals surface area contributed by atoms with Crippen molar-refractivity contribution in [2.24, 2.45) is 0 Å². The molecule has 2 aromatic rings. The minimum Gasteiger partial charge on any atom is -0.324 e. The smallest absolute Gasteiger partial charge is 0.227 e. The van der Waals surface area contributed by atoms with Gasteiger partial charge in [-0.05, 0) is 34.1 Å². The van der Waals surface area contributed by atoms with E-state index in [0.29, 0.717) is 16.0 Å². The second-order valence-corrected chi connectivity index (χ2v) is 4.80. The number of nitrogens with zero attached hydrogens (tertiary/aromatic N) is 2. The van der Waals surface area contributed by atoms with Crippen LogP contribution in [0.3, 0.4) is 0 Å². The molecule has 1 N–H and O–H groups in total. The Morgan fingerprint density at radius 3 is 2.12 bits per heavy atom. The van der Waals surface area contributed by atoms with Crippen LogP contribution in [-0.4, -0.2) is 9.97 Å². The third-order valence-corrected chi connectivity index (χ3v) is 2.58. The molecule has 0 saturated heterocycles. The summed E-state index contributed by atoms with van der Waals surface area (Å²) in [6, 6.07) is 5.16. The van der Waals surface area contributed by atoms with E-state index in [1.807, 2.05) is 0 Å². The summed E-state index contributed by atoms with van der Waals surface area (Å²) in [5.41, 5.74) is 0.750. The van der Waals surface area contributed by atoms with Gasteiger partial charge in [0.15, 0.2) is 0 Å². The van der Waals surface area contributed by atoms with Crippen molar-refractivity contribution in [1.29, 1.82) is 0 Å².